The quantitative estimate of drug-likeness (QED) is 0.567. The van der Waals surface area contributed by atoms with E-state index >= 15 is 0 Å². The minimum atomic E-state index is -3.55. The first-order valence-electron chi connectivity index (χ1n) is 10.2. The van der Waals surface area contributed by atoms with Crippen LogP contribution in [0.2, 0.25) is 0 Å². The van der Waals surface area contributed by atoms with E-state index in [0.29, 0.717) is 36.0 Å². The van der Waals surface area contributed by atoms with Crippen molar-refractivity contribution in [2.45, 2.75) is 31.6 Å². The third kappa shape index (κ3) is 4.56. The number of piperidine rings is 1. The zero-order chi connectivity index (χ0) is 22.0. The molecule has 0 unspecified atom stereocenters. The molecule has 1 aromatic heterocycles. The van der Waals surface area contributed by atoms with Crippen molar-refractivity contribution in [3.63, 3.8) is 0 Å². The Hall–Kier alpha value is -2.55. The van der Waals surface area contributed by atoms with E-state index in [1.54, 1.807) is 29.2 Å². The molecule has 0 bridgehead atoms. The Balaban J connectivity index is 1.51. The lowest BCUT2D eigenvalue weighted by Crippen LogP contribution is -2.43. The van der Waals surface area contributed by atoms with Gasteiger partial charge in [0, 0.05) is 24.4 Å². The number of hydrogen-bond donors (Lipinski definition) is 0. The van der Waals surface area contributed by atoms with Crippen LogP contribution in [0.25, 0.3) is 0 Å². The van der Waals surface area contributed by atoms with E-state index in [9.17, 15) is 13.2 Å². The SMILES string of the molecule is Cc1ccc(S(=O)(=O)N2CCC(C(=O)N(c3ccccc3)c3nc(C)cs3)CC2)cc1. The first-order chi connectivity index (χ1) is 14.9. The first-order valence-corrected chi connectivity index (χ1v) is 12.6. The van der Waals surface area contributed by atoms with Crippen molar-refractivity contribution < 1.29 is 13.2 Å². The maximum absolute atomic E-state index is 13.5. The number of rotatable bonds is 5. The number of para-hydroxylation sites is 1. The summed E-state index contributed by atoms with van der Waals surface area (Å²) in [6.07, 6.45) is 0.967. The van der Waals surface area contributed by atoms with E-state index in [4.69, 9.17) is 0 Å². The molecule has 0 radical (unpaired) electrons. The molecule has 6 nitrogen and oxygen atoms in total. The van der Waals surface area contributed by atoms with Gasteiger partial charge in [0.05, 0.1) is 16.3 Å². The second-order valence-electron chi connectivity index (χ2n) is 7.77. The highest BCUT2D eigenvalue weighted by atomic mass is 32.2. The molecule has 0 N–H and O–H groups in total. The normalized spacial score (nSPS) is 15.7. The summed E-state index contributed by atoms with van der Waals surface area (Å²) in [7, 11) is -3.55. The van der Waals surface area contributed by atoms with Crippen molar-refractivity contribution in [2.24, 2.45) is 5.92 Å². The van der Waals surface area contributed by atoms with Gasteiger partial charge in [-0.1, -0.05) is 35.9 Å². The van der Waals surface area contributed by atoms with Crippen LogP contribution in [-0.4, -0.2) is 36.7 Å². The van der Waals surface area contributed by atoms with Gasteiger partial charge < -0.3 is 0 Å². The third-order valence-corrected chi connectivity index (χ3v) is 8.35. The number of aryl methyl sites for hydroxylation is 2. The number of benzene rings is 2. The summed E-state index contributed by atoms with van der Waals surface area (Å²) in [6.45, 7) is 4.48. The lowest BCUT2D eigenvalue weighted by atomic mass is 9.96. The summed E-state index contributed by atoms with van der Waals surface area (Å²) in [6, 6.07) is 16.4. The van der Waals surface area contributed by atoms with E-state index in [1.807, 2.05) is 49.6 Å². The summed E-state index contributed by atoms with van der Waals surface area (Å²) in [5.74, 6) is -0.290. The Bertz CT molecular complexity index is 1150. The smallest absolute Gasteiger partial charge is 0.243 e. The largest absolute Gasteiger partial charge is 0.274 e. The van der Waals surface area contributed by atoms with Crippen LogP contribution in [0.4, 0.5) is 10.8 Å². The Morgan fingerprint density at radius 1 is 1.03 bits per heavy atom. The van der Waals surface area contributed by atoms with Crippen LogP contribution in [-0.2, 0) is 14.8 Å². The van der Waals surface area contributed by atoms with Gasteiger partial charge in [0.1, 0.15) is 0 Å². The van der Waals surface area contributed by atoms with Crippen LogP contribution in [0.5, 0.6) is 0 Å². The number of aromatic nitrogens is 1. The van der Waals surface area contributed by atoms with E-state index in [-0.39, 0.29) is 11.8 Å². The van der Waals surface area contributed by atoms with Gasteiger partial charge in [-0.3, -0.25) is 9.69 Å². The molecule has 8 heteroatoms. The summed E-state index contributed by atoms with van der Waals surface area (Å²) < 4.78 is 27.4. The van der Waals surface area contributed by atoms with Gasteiger partial charge >= 0.3 is 0 Å². The lowest BCUT2D eigenvalue weighted by molar-refractivity contribution is -0.122. The second-order valence-corrected chi connectivity index (χ2v) is 10.5. The fourth-order valence-electron chi connectivity index (χ4n) is 3.74. The average Bonchev–Trinajstić information content (AvgIpc) is 3.20. The molecule has 0 spiro atoms. The molecule has 31 heavy (non-hydrogen) atoms. The number of carbonyl (C=O) groups is 1. The highest BCUT2D eigenvalue weighted by molar-refractivity contribution is 7.89. The van der Waals surface area contributed by atoms with Crippen LogP contribution in [0.1, 0.15) is 24.1 Å². The van der Waals surface area contributed by atoms with Crippen LogP contribution in [0, 0.1) is 19.8 Å². The van der Waals surface area contributed by atoms with Crippen molar-refractivity contribution in [1.29, 1.82) is 0 Å². The molecular weight excluding hydrogens is 430 g/mol. The molecule has 4 rings (SSSR count). The van der Waals surface area contributed by atoms with Crippen LogP contribution >= 0.6 is 11.3 Å². The van der Waals surface area contributed by atoms with E-state index in [1.165, 1.54) is 15.6 Å². The van der Waals surface area contributed by atoms with Crippen molar-refractivity contribution in [2.75, 3.05) is 18.0 Å². The number of nitrogens with zero attached hydrogens (tertiary/aromatic N) is 3. The van der Waals surface area contributed by atoms with Crippen molar-refractivity contribution in [3.8, 4) is 0 Å². The van der Waals surface area contributed by atoms with Gasteiger partial charge in [-0.2, -0.15) is 4.31 Å². The number of thiazole rings is 1. The molecule has 2 aromatic carbocycles. The average molecular weight is 456 g/mol. The maximum atomic E-state index is 13.5. The zero-order valence-corrected chi connectivity index (χ0v) is 19.2. The molecule has 1 saturated heterocycles. The highest BCUT2D eigenvalue weighted by Crippen LogP contribution is 2.33. The number of sulfonamides is 1. The minimum Gasteiger partial charge on any atom is -0.274 e. The van der Waals surface area contributed by atoms with Crippen LogP contribution in [0.3, 0.4) is 0 Å². The number of anilines is 2. The fraction of sp³-hybridized carbons (Fsp3) is 0.304. The van der Waals surface area contributed by atoms with Crippen LogP contribution < -0.4 is 4.90 Å². The molecule has 1 aliphatic heterocycles. The molecular formula is C23H25N3O3S2. The highest BCUT2D eigenvalue weighted by Gasteiger charge is 2.35. The molecule has 1 aliphatic rings. The topological polar surface area (TPSA) is 70.6 Å². The number of amides is 1. The maximum Gasteiger partial charge on any atom is 0.243 e. The Labute approximate surface area is 187 Å². The van der Waals surface area contributed by atoms with Gasteiger partial charge in [0.15, 0.2) is 5.13 Å². The molecule has 2 heterocycles. The van der Waals surface area contributed by atoms with Gasteiger partial charge in [-0.25, -0.2) is 13.4 Å². The first kappa shape index (κ1) is 21.7. The van der Waals surface area contributed by atoms with Crippen molar-refractivity contribution in [1.82, 2.24) is 9.29 Å². The third-order valence-electron chi connectivity index (χ3n) is 5.49. The molecule has 0 atom stereocenters. The second kappa shape index (κ2) is 8.90. The van der Waals surface area contributed by atoms with E-state index < -0.39 is 10.0 Å². The molecule has 0 aliphatic carbocycles. The van der Waals surface area contributed by atoms with Crippen molar-refractivity contribution >= 4 is 38.1 Å². The number of hydrogen-bond acceptors (Lipinski definition) is 5. The Morgan fingerprint density at radius 3 is 2.26 bits per heavy atom. The molecule has 3 aromatic rings. The molecule has 1 amide bonds. The predicted octanol–water partition coefficient (Wildman–Crippen LogP) is 4.53. The van der Waals surface area contributed by atoms with E-state index in [2.05, 4.69) is 4.98 Å². The monoisotopic (exact) mass is 455 g/mol. The summed E-state index contributed by atoms with van der Waals surface area (Å²) in [4.78, 5) is 20.0. The summed E-state index contributed by atoms with van der Waals surface area (Å²) in [5.41, 5.74) is 2.66. The standard InChI is InChI=1S/C23H25N3O3S2/c1-17-8-10-21(11-9-17)31(28,29)25-14-12-19(13-15-25)22(27)26(20-6-4-3-5-7-20)23-24-18(2)16-30-23/h3-11,16,19H,12-15H2,1-2H3. The van der Waals surface area contributed by atoms with Crippen molar-refractivity contribution in [3.05, 3.63) is 71.2 Å². The molecule has 162 valence electrons. The fourth-order valence-corrected chi connectivity index (χ4v) is 6.03. The Morgan fingerprint density at radius 2 is 1.68 bits per heavy atom. The van der Waals surface area contributed by atoms with Gasteiger partial charge in [0.2, 0.25) is 15.9 Å². The van der Waals surface area contributed by atoms with Gasteiger partial charge in [-0.05, 0) is 51.0 Å². The predicted molar refractivity (Wildman–Crippen MR) is 123 cm³/mol. The number of carbonyl (C=O) groups excluding carboxylic acids is 1. The van der Waals surface area contributed by atoms with Crippen LogP contribution in [0.15, 0.2) is 64.9 Å². The molecule has 1 fully saturated rings. The van der Waals surface area contributed by atoms with E-state index in [0.717, 1.165) is 16.9 Å². The Kier molecular flexibility index (Phi) is 6.22. The lowest BCUT2D eigenvalue weighted by Gasteiger charge is -2.33. The van der Waals surface area contributed by atoms with Gasteiger partial charge in [-0.15, -0.1) is 11.3 Å². The van der Waals surface area contributed by atoms with Gasteiger partial charge in [0.25, 0.3) is 0 Å². The summed E-state index contributed by atoms with van der Waals surface area (Å²) >= 11 is 1.44. The summed E-state index contributed by atoms with van der Waals surface area (Å²) in [5, 5.41) is 2.57. The minimum absolute atomic E-state index is 0.0343. The zero-order valence-electron chi connectivity index (χ0n) is 17.6. The molecule has 0 saturated carbocycles.